The van der Waals surface area contributed by atoms with Crippen molar-refractivity contribution >= 4 is 17.5 Å². The van der Waals surface area contributed by atoms with Crippen LogP contribution < -0.4 is 5.73 Å². The number of aromatic nitrogens is 4. The van der Waals surface area contributed by atoms with Gasteiger partial charge in [0.2, 0.25) is 5.91 Å². The normalized spacial score (nSPS) is 14.9. The van der Waals surface area contributed by atoms with Crippen LogP contribution in [0, 0.1) is 0 Å². The first-order chi connectivity index (χ1) is 12.1. The highest BCUT2D eigenvalue weighted by Gasteiger charge is 2.52. The minimum atomic E-state index is -0.710. The van der Waals surface area contributed by atoms with Gasteiger partial charge in [-0.1, -0.05) is 11.6 Å². The molecule has 25 heavy (non-hydrogen) atoms. The van der Waals surface area contributed by atoms with E-state index in [-0.39, 0.29) is 5.91 Å². The van der Waals surface area contributed by atoms with Crippen molar-refractivity contribution in [1.82, 2.24) is 19.9 Å². The van der Waals surface area contributed by atoms with Crippen molar-refractivity contribution in [1.29, 1.82) is 0 Å². The molecule has 124 valence electrons. The highest BCUT2D eigenvalue weighted by Crippen LogP contribution is 2.48. The molecule has 1 fully saturated rings. The van der Waals surface area contributed by atoms with Crippen LogP contribution in [0.25, 0.3) is 22.5 Å². The Bertz CT molecular complexity index is 957. The van der Waals surface area contributed by atoms with Gasteiger partial charge < -0.3 is 5.73 Å². The lowest BCUT2D eigenvalue weighted by Crippen LogP contribution is -2.29. The van der Waals surface area contributed by atoms with Crippen LogP contribution in [0.2, 0.25) is 5.02 Å². The van der Waals surface area contributed by atoms with Crippen molar-refractivity contribution in [3.63, 3.8) is 0 Å². The molecule has 1 aliphatic carbocycles. The van der Waals surface area contributed by atoms with Crippen LogP contribution in [0.5, 0.6) is 0 Å². The molecule has 0 aliphatic heterocycles. The molecule has 2 N–H and O–H groups in total. The number of halogens is 1. The Balaban J connectivity index is 1.94. The zero-order chi connectivity index (χ0) is 17.4. The number of carbonyl (C=O) groups excluding carboxylic acids is 1. The van der Waals surface area contributed by atoms with Crippen molar-refractivity contribution in [2.24, 2.45) is 5.73 Å². The average Bonchev–Trinajstić information content (AvgIpc) is 3.45. The maximum atomic E-state index is 11.9. The molecule has 3 aromatic heterocycles. The van der Waals surface area contributed by atoms with E-state index in [0.29, 0.717) is 40.5 Å². The maximum Gasteiger partial charge on any atom is 0.229 e. The summed E-state index contributed by atoms with van der Waals surface area (Å²) in [6.45, 7) is 0. The zero-order valence-electron chi connectivity index (χ0n) is 13.2. The van der Waals surface area contributed by atoms with Gasteiger partial charge in [-0.3, -0.25) is 19.7 Å². The Morgan fingerprint density at radius 1 is 1.04 bits per heavy atom. The fraction of sp³-hybridized carbons (Fsp3) is 0.167. The molecule has 4 rings (SSSR count). The fourth-order valence-corrected chi connectivity index (χ4v) is 3.06. The van der Waals surface area contributed by atoms with E-state index >= 15 is 0 Å². The standard InChI is InChI=1S/C18H14ClN5O/c19-13-9-22-8-3-12(13)16-15(11-1-6-21-7-2-11)23-10-14(24-16)18(4-5-18)17(20)25/h1-3,6-10H,4-5H2,(H2,20,25). The van der Waals surface area contributed by atoms with Gasteiger partial charge in [-0.2, -0.15) is 0 Å². The predicted molar refractivity (Wildman–Crippen MR) is 93.6 cm³/mol. The van der Waals surface area contributed by atoms with Crippen LogP contribution in [0.15, 0.2) is 49.2 Å². The van der Waals surface area contributed by atoms with Gasteiger partial charge in [-0.15, -0.1) is 0 Å². The van der Waals surface area contributed by atoms with Crippen molar-refractivity contribution < 1.29 is 4.79 Å². The summed E-state index contributed by atoms with van der Waals surface area (Å²) in [7, 11) is 0. The predicted octanol–water partition coefficient (Wildman–Crippen LogP) is 2.77. The average molecular weight is 352 g/mol. The van der Waals surface area contributed by atoms with E-state index in [9.17, 15) is 4.79 Å². The number of rotatable bonds is 4. The summed E-state index contributed by atoms with van der Waals surface area (Å²) in [5.41, 5.74) is 8.29. The largest absolute Gasteiger partial charge is 0.369 e. The number of nitrogens with two attached hydrogens (primary N) is 1. The Hall–Kier alpha value is -2.86. The molecule has 0 radical (unpaired) electrons. The Kier molecular flexibility index (Phi) is 3.69. The molecule has 3 heterocycles. The van der Waals surface area contributed by atoms with Crippen LogP contribution in [0.4, 0.5) is 0 Å². The van der Waals surface area contributed by atoms with Crippen molar-refractivity contribution in [3.8, 4) is 22.5 Å². The van der Waals surface area contributed by atoms with Gasteiger partial charge in [0.05, 0.1) is 33.7 Å². The minimum absolute atomic E-state index is 0.370. The summed E-state index contributed by atoms with van der Waals surface area (Å²) >= 11 is 6.33. The molecule has 0 saturated heterocycles. The first-order valence-corrected chi connectivity index (χ1v) is 8.17. The van der Waals surface area contributed by atoms with Gasteiger partial charge in [0.15, 0.2) is 0 Å². The Morgan fingerprint density at radius 2 is 1.76 bits per heavy atom. The van der Waals surface area contributed by atoms with E-state index in [2.05, 4.69) is 15.0 Å². The summed E-state index contributed by atoms with van der Waals surface area (Å²) in [6.07, 6.45) is 9.59. The summed E-state index contributed by atoms with van der Waals surface area (Å²) in [6, 6.07) is 5.48. The number of hydrogen-bond donors (Lipinski definition) is 1. The lowest BCUT2D eigenvalue weighted by Gasteiger charge is -2.15. The molecule has 7 heteroatoms. The third-order valence-electron chi connectivity index (χ3n) is 4.47. The van der Waals surface area contributed by atoms with E-state index in [1.807, 2.05) is 12.1 Å². The second-order valence-corrected chi connectivity index (χ2v) is 6.40. The highest BCUT2D eigenvalue weighted by molar-refractivity contribution is 6.33. The van der Waals surface area contributed by atoms with Crippen LogP contribution in [-0.4, -0.2) is 25.8 Å². The van der Waals surface area contributed by atoms with E-state index in [1.54, 1.807) is 37.1 Å². The molecule has 1 amide bonds. The van der Waals surface area contributed by atoms with E-state index in [0.717, 1.165) is 5.56 Å². The van der Waals surface area contributed by atoms with Gasteiger partial charge >= 0.3 is 0 Å². The molecule has 0 aromatic carbocycles. The Morgan fingerprint density at radius 3 is 2.40 bits per heavy atom. The highest BCUT2D eigenvalue weighted by atomic mass is 35.5. The van der Waals surface area contributed by atoms with Gasteiger partial charge in [0, 0.05) is 35.9 Å². The SMILES string of the molecule is NC(=O)C1(c2cnc(-c3ccncc3)c(-c3ccncc3Cl)n2)CC1. The van der Waals surface area contributed by atoms with E-state index < -0.39 is 5.41 Å². The van der Waals surface area contributed by atoms with E-state index in [4.69, 9.17) is 22.3 Å². The second kappa shape index (κ2) is 5.89. The van der Waals surface area contributed by atoms with Crippen molar-refractivity contribution in [2.75, 3.05) is 0 Å². The second-order valence-electron chi connectivity index (χ2n) is 5.99. The molecule has 3 aromatic rings. The first-order valence-electron chi connectivity index (χ1n) is 7.79. The summed E-state index contributed by atoms with van der Waals surface area (Å²) in [5.74, 6) is -0.370. The van der Waals surface area contributed by atoms with Crippen molar-refractivity contribution in [3.05, 3.63) is 59.9 Å². The van der Waals surface area contributed by atoms with E-state index in [1.165, 1.54) is 0 Å². The van der Waals surface area contributed by atoms with Crippen LogP contribution in [-0.2, 0) is 10.2 Å². The maximum absolute atomic E-state index is 11.9. The topological polar surface area (TPSA) is 94.7 Å². The van der Waals surface area contributed by atoms with Gasteiger partial charge in [-0.05, 0) is 31.0 Å². The zero-order valence-corrected chi connectivity index (χ0v) is 13.9. The fourth-order valence-electron chi connectivity index (χ4n) is 2.85. The minimum Gasteiger partial charge on any atom is -0.369 e. The number of nitrogens with zero attached hydrogens (tertiary/aromatic N) is 4. The monoisotopic (exact) mass is 351 g/mol. The molecule has 1 saturated carbocycles. The van der Waals surface area contributed by atoms with Crippen LogP contribution >= 0.6 is 11.6 Å². The third kappa shape index (κ3) is 2.64. The molecule has 0 bridgehead atoms. The summed E-state index contributed by atoms with van der Waals surface area (Å²) in [5, 5.41) is 0.466. The lowest BCUT2D eigenvalue weighted by molar-refractivity contribution is -0.120. The number of hydrogen-bond acceptors (Lipinski definition) is 5. The van der Waals surface area contributed by atoms with Gasteiger partial charge in [0.25, 0.3) is 0 Å². The van der Waals surface area contributed by atoms with Crippen LogP contribution in [0.3, 0.4) is 0 Å². The molecule has 0 unspecified atom stereocenters. The molecular formula is C18H14ClN5O. The number of carbonyl (C=O) groups is 1. The summed E-state index contributed by atoms with van der Waals surface area (Å²) in [4.78, 5) is 29.2. The smallest absolute Gasteiger partial charge is 0.229 e. The van der Waals surface area contributed by atoms with Gasteiger partial charge in [-0.25, -0.2) is 4.98 Å². The molecular weight excluding hydrogens is 338 g/mol. The number of pyridine rings is 2. The van der Waals surface area contributed by atoms with Crippen LogP contribution in [0.1, 0.15) is 18.5 Å². The number of primary amides is 1. The quantitative estimate of drug-likeness (QED) is 0.779. The molecule has 6 nitrogen and oxygen atoms in total. The van der Waals surface area contributed by atoms with Gasteiger partial charge in [0.1, 0.15) is 0 Å². The third-order valence-corrected chi connectivity index (χ3v) is 4.77. The number of amides is 1. The first kappa shape index (κ1) is 15.7. The van der Waals surface area contributed by atoms with Crippen molar-refractivity contribution in [2.45, 2.75) is 18.3 Å². The molecule has 1 aliphatic rings. The summed E-state index contributed by atoms with van der Waals surface area (Å²) < 4.78 is 0. The molecule has 0 atom stereocenters. The molecule has 0 spiro atoms. The lowest BCUT2D eigenvalue weighted by atomic mass is 10.00. The Labute approximate surface area is 149 Å².